The van der Waals surface area contributed by atoms with Gasteiger partial charge in [-0.2, -0.15) is 0 Å². The second-order valence-electron chi connectivity index (χ2n) is 5.24. The van der Waals surface area contributed by atoms with Crippen LogP contribution in [0.1, 0.15) is 20.7 Å². The van der Waals surface area contributed by atoms with Crippen LogP contribution in [0.4, 0.5) is 0 Å². The van der Waals surface area contributed by atoms with E-state index in [0.717, 1.165) is 13.1 Å². The van der Waals surface area contributed by atoms with Crippen LogP contribution in [0.15, 0.2) is 24.3 Å². The maximum Gasteiger partial charge on any atom is 0.254 e. The minimum absolute atomic E-state index is 0.0135. The first-order valence-electron chi connectivity index (χ1n) is 7.13. The molecule has 3 N–H and O–H groups in total. The first-order valence-corrected chi connectivity index (χ1v) is 7.13. The number of primary amides is 1. The molecule has 1 saturated heterocycles. The largest absolute Gasteiger partial charge is 0.366 e. The highest BCUT2D eigenvalue weighted by atomic mass is 16.2. The molecule has 1 aromatic carbocycles. The molecule has 2 rings (SSSR count). The number of hydrogen-bond donors (Lipinski definition) is 2. The van der Waals surface area contributed by atoms with Gasteiger partial charge in [-0.15, -0.1) is 0 Å². The Bertz CT molecular complexity index is 582. The second-order valence-corrected chi connectivity index (χ2v) is 5.24. The molecule has 118 valence electrons. The molecule has 7 heteroatoms. The van der Waals surface area contributed by atoms with Gasteiger partial charge in [0.15, 0.2) is 0 Å². The first kappa shape index (κ1) is 16.0. The Kier molecular flexibility index (Phi) is 5.11. The molecule has 0 bridgehead atoms. The standard InChI is InChI=1S/C15H20N4O3/c1-18(10-13(20)19-7-5-17-6-8-19)15(22)12-4-2-3-11(9-12)14(16)21/h2-4,9,17H,5-8,10H2,1H3,(H2,16,21). The van der Waals surface area contributed by atoms with E-state index in [0.29, 0.717) is 18.7 Å². The summed E-state index contributed by atoms with van der Waals surface area (Å²) in [7, 11) is 1.57. The normalized spacial score (nSPS) is 14.5. The number of piperazine rings is 1. The highest BCUT2D eigenvalue weighted by Crippen LogP contribution is 2.08. The van der Waals surface area contributed by atoms with Crippen LogP contribution in [0.25, 0.3) is 0 Å². The van der Waals surface area contributed by atoms with Gasteiger partial charge in [0, 0.05) is 44.4 Å². The van der Waals surface area contributed by atoms with Crippen molar-refractivity contribution >= 4 is 17.7 Å². The fourth-order valence-electron chi connectivity index (χ4n) is 2.31. The SMILES string of the molecule is CN(CC(=O)N1CCNCC1)C(=O)c1cccc(C(N)=O)c1. The smallest absolute Gasteiger partial charge is 0.254 e. The molecule has 0 aromatic heterocycles. The fraction of sp³-hybridized carbons (Fsp3) is 0.400. The summed E-state index contributed by atoms with van der Waals surface area (Å²) >= 11 is 0. The maximum atomic E-state index is 12.3. The van der Waals surface area contributed by atoms with Gasteiger partial charge in [-0.25, -0.2) is 0 Å². The quantitative estimate of drug-likeness (QED) is 0.768. The van der Waals surface area contributed by atoms with E-state index >= 15 is 0 Å². The van der Waals surface area contributed by atoms with Gasteiger partial charge in [-0.3, -0.25) is 14.4 Å². The molecule has 3 amide bonds. The van der Waals surface area contributed by atoms with Crippen LogP contribution in [0.5, 0.6) is 0 Å². The van der Waals surface area contributed by atoms with Crippen LogP contribution in [0.3, 0.4) is 0 Å². The number of rotatable bonds is 4. The number of benzene rings is 1. The van der Waals surface area contributed by atoms with Crippen LogP contribution in [-0.2, 0) is 4.79 Å². The zero-order valence-corrected chi connectivity index (χ0v) is 12.5. The number of hydrogen-bond acceptors (Lipinski definition) is 4. The van der Waals surface area contributed by atoms with E-state index in [1.807, 2.05) is 0 Å². The zero-order valence-electron chi connectivity index (χ0n) is 12.5. The Labute approximate surface area is 129 Å². The maximum absolute atomic E-state index is 12.3. The van der Waals surface area contributed by atoms with E-state index in [2.05, 4.69) is 5.32 Å². The second kappa shape index (κ2) is 7.04. The van der Waals surface area contributed by atoms with Gasteiger partial charge in [0.1, 0.15) is 0 Å². The van der Waals surface area contributed by atoms with Crippen LogP contribution in [-0.4, -0.2) is 67.3 Å². The Balaban J connectivity index is 2.00. The number of amides is 3. The van der Waals surface area contributed by atoms with Crippen LogP contribution < -0.4 is 11.1 Å². The molecule has 1 aliphatic heterocycles. The van der Waals surface area contributed by atoms with Crippen molar-refractivity contribution in [2.75, 3.05) is 39.8 Å². The Morgan fingerprint density at radius 2 is 1.86 bits per heavy atom. The summed E-state index contributed by atoms with van der Waals surface area (Å²) in [5.74, 6) is -0.982. The third kappa shape index (κ3) is 3.82. The predicted octanol–water partition coefficient (Wildman–Crippen LogP) is -0.711. The fourth-order valence-corrected chi connectivity index (χ4v) is 2.31. The third-order valence-corrected chi connectivity index (χ3v) is 3.58. The lowest BCUT2D eigenvalue weighted by Gasteiger charge is -2.29. The van der Waals surface area contributed by atoms with Crippen molar-refractivity contribution in [2.45, 2.75) is 0 Å². The Morgan fingerprint density at radius 1 is 1.23 bits per heavy atom. The van der Waals surface area contributed by atoms with Gasteiger partial charge in [-0.1, -0.05) is 6.07 Å². The van der Waals surface area contributed by atoms with Gasteiger partial charge >= 0.3 is 0 Å². The summed E-state index contributed by atoms with van der Waals surface area (Å²) in [6.45, 7) is 2.85. The molecule has 7 nitrogen and oxygen atoms in total. The number of carbonyl (C=O) groups is 3. The molecule has 0 unspecified atom stereocenters. The zero-order chi connectivity index (χ0) is 16.1. The molecular weight excluding hydrogens is 284 g/mol. The Morgan fingerprint density at radius 3 is 2.50 bits per heavy atom. The highest BCUT2D eigenvalue weighted by molar-refractivity contribution is 6.00. The topological polar surface area (TPSA) is 95.7 Å². The third-order valence-electron chi connectivity index (χ3n) is 3.58. The Hall–Kier alpha value is -2.41. The summed E-state index contributed by atoms with van der Waals surface area (Å²) in [4.78, 5) is 38.7. The summed E-state index contributed by atoms with van der Waals surface area (Å²) in [5.41, 5.74) is 5.82. The summed E-state index contributed by atoms with van der Waals surface area (Å²) < 4.78 is 0. The molecule has 0 spiro atoms. The van der Waals surface area contributed by atoms with E-state index < -0.39 is 5.91 Å². The van der Waals surface area contributed by atoms with Gasteiger partial charge in [0.25, 0.3) is 5.91 Å². The molecule has 0 atom stereocenters. The number of likely N-dealkylation sites (N-methyl/N-ethyl adjacent to an activating group) is 1. The van der Waals surface area contributed by atoms with E-state index in [4.69, 9.17) is 5.73 Å². The van der Waals surface area contributed by atoms with Gasteiger partial charge in [0.05, 0.1) is 6.54 Å². The monoisotopic (exact) mass is 304 g/mol. The predicted molar refractivity (Wildman–Crippen MR) is 81.4 cm³/mol. The van der Waals surface area contributed by atoms with Crippen molar-refractivity contribution in [2.24, 2.45) is 5.73 Å². The van der Waals surface area contributed by atoms with Gasteiger partial charge in [0.2, 0.25) is 11.8 Å². The average Bonchev–Trinajstić information content (AvgIpc) is 2.54. The van der Waals surface area contributed by atoms with Crippen molar-refractivity contribution in [3.63, 3.8) is 0 Å². The van der Waals surface area contributed by atoms with Crippen molar-refractivity contribution in [1.29, 1.82) is 0 Å². The average molecular weight is 304 g/mol. The lowest BCUT2D eigenvalue weighted by Crippen LogP contribution is -2.49. The molecule has 0 aliphatic carbocycles. The van der Waals surface area contributed by atoms with Crippen LogP contribution in [0, 0.1) is 0 Å². The minimum Gasteiger partial charge on any atom is -0.366 e. The van der Waals surface area contributed by atoms with Crippen LogP contribution >= 0.6 is 0 Å². The number of nitrogens with zero attached hydrogens (tertiary/aromatic N) is 2. The molecule has 1 aliphatic rings. The van der Waals surface area contributed by atoms with Crippen molar-refractivity contribution < 1.29 is 14.4 Å². The van der Waals surface area contributed by atoms with Crippen molar-refractivity contribution in [1.82, 2.24) is 15.1 Å². The number of carbonyl (C=O) groups excluding carboxylic acids is 3. The number of nitrogens with one attached hydrogen (secondary N) is 1. The molecule has 1 aromatic rings. The molecule has 1 heterocycles. The number of nitrogens with two attached hydrogens (primary N) is 1. The van der Waals surface area contributed by atoms with E-state index in [9.17, 15) is 14.4 Å². The summed E-state index contributed by atoms with van der Waals surface area (Å²) in [6.07, 6.45) is 0. The van der Waals surface area contributed by atoms with Gasteiger partial charge < -0.3 is 20.9 Å². The molecule has 22 heavy (non-hydrogen) atoms. The lowest BCUT2D eigenvalue weighted by molar-refractivity contribution is -0.132. The molecule has 0 radical (unpaired) electrons. The van der Waals surface area contributed by atoms with Crippen molar-refractivity contribution in [3.05, 3.63) is 35.4 Å². The van der Waals surface area contributed by atoms with E-state index in [-0.39, 0.29) is 23.9 Å². The van der Waals surface area contributed by atoms with Gasteiger partial charge in [-0.05, 0) is 18.2 Å². The van der Waals surface area contributed by atoms with Crippen LogP contribution in [0.2, 0.25) is 0 Å². The van der Waals surface area contributed by atoms with E-state index in [1.165, 1.54) is 11.0 Å². The lowest BCUT2D eigenvalue weighted by atomic mass is 10.1. The summed E-state index contributed by atoms with van der Waals surface area (Å²) in [5, 5.41) is 3.17. The molecule has 1 fully saturated rings. The first-order chi connectivity index (χ1) is 10.5. The van der Waals surface area contributed by atoms with Crippen molar-refractivity contribution in [3.8, 4) is 0 Å². The molecular formula is C15H20N4O3. The van der Waals surface area contributed by atoms with E-state index in [1.54, 1.807) is 30.1 Å². The highest BCUT2D eigenvalue weighted by Gasteiger charge is 2.21. The molecule has 0 saturated carbocycles. The summed E-state index contributed by atoms with van der Waals surface area (Å²) in [6, 6.07) is 6.18. The minimum atomic E-state index is -0.589.